The largest absolute Gasteiger partial charge is 0.497 e. The fourth-order valence-corrected chi connectivity index (χ4v) is 4.96. The number of rotatable bonds is 4. The van der Waals surface area contributed by atoms with Crippen molar-refractivity contribution in [3.05, 3.63) is 83.7 Å². The van der Waals surface area contributed by atoms with Crippen LogP contribution in [0.1, 0.15) is 11.1 Å². The molecule has 30 heavy (non-hydrogen) atoms. The average molecular weight is 426 g/mol. The summed E-state index contributed by atoms with van der Waals surface area (Å²) in [5.41, 5.74) is 1.34. The second kappa shape index (κ2) is 7.46. The van der Waals surface area contributed by atoms with Crippen LogP contribution < -0.4 is 13.9 Å². The van der Waals surface area contributed by atoms with Crippen molar-refractivity contribution < 1.29 is 22.3 Å². The third-order valence-electron chi connectivity index (χ3n) is 4.94. The van der Waals surface area contributed by atoms with Gasteiger partial charge in [-0.05, 0) is 54.4 Å². The van der Waals surface area contributed by atoms with E-state index in [0.29, 0.717) is 15.6 Å². The summed E-state index contributed by atoms with van der Waals surface area (Å²) in [6.07, 6.45) is 0. The van der Waals surface area contributed by atoms with Gasteiger partial charge in [-0.1, -0.05) is 30.3 Å². The molecule has 6 nitrogen and oxygen atoms in total. The zero-order chi connectivity index (χ0) is 21.5. The topological polar surface area (TPSA) is 66.9 Å². The molecule has 8 heteroatoms. The van der Waals surface area contributed by atoms with Gasteiger partial charge in [0.1, 0.15) is 16.5 Å². The van der Waals surface area contributed by atoms with Crippen molar-refractivity contribution in [1.82, 2.24) is 0 Å². The van der Waals surface area contributed by atoms with Gasteiger partial charge in [0.2, 0.25) is 0 Å². The lowest BCUT2D eigenvalue weighted by Gasteiger charge is -2.36. The molecule has 0 spiro atoms. The molecule has 0 N–H and O–H groups in total. The van der Waals surface area contributed by atoms with Gasteiger partial charge in [0.25, 0.3) is 10.0 Å². The highest BCUT2D eigenvalue weighted by molar-refractivity contribution is 7.94. The number of sulfonamides is 1. The van der Waals surface area contributed by atoms with Crippen molar-refractivity contribution in [1.29, 1.82) is 0 Å². The van der Waals surface area contributed by atoms with Gasteiger partial charge in [-0.3, -0.25) is 4.90 Å². The number of anilines is 2. The van der Waals surface area contributed by atoms with Crippen molar-refractivity contribution in [2.45, 2.75) is 18.4 Å². The van der Waals surface area contributed by atoms with Crippen molar-refractivity contribution in [2.75, 3.05) is 16.3 Å². The number of para-hydroxylation sites is 1. The number of carbonyl (C=O) groups is 1. The lowest BCUT2D eigenvalue weighted by molar-refractivity contribution is 0.253. The maximum Gasteiger partial charge on any atom is 0.343 e. The molecule has 0 aromatic heterocycles. The van der Waals surface area contributed by atoms with Crippen LogP contribution in [0, 0.1) is 12.7 Å². The zero-order valence-electron chi connectivity index (χ0n) is 16.4. The molecule has 0 unspecified atom stereocenters. The first-order valence-corrected chi connectivity index (χ1v) is 10.6. The molecule has 0 saturated heterocycles. The number of halogens is 1. The number of benzene rings is 3. The molecule has 3 aromatic carbocycles. The minimum Gasteiger partial charge on any atom is -0.497 e. The maximum absolute atomic E-state index is 14.2. The van der Waals surface area contributed by atoms with Crippen molar-refractivity contribution in [3.63, 3.8) is 0 Å². The van der Waals surface area contributed by atoms with Gasteiger partial charge in [-0.25, -0.2) is 17.6 Å². The number of aryl methyl sites for hydroxylation is 1. The number of ether oxygens (including phenoxy) is 1. The number of urea groups is 1. The molecule has 0 saturated carbocycles. The summed E-state index contributed by atoms with van der Waals surface area (Å²) in [4.78, 5) is 14.7. The van der Waals surface area contributed by atoms with Crippen LogP contribution in [0.15, 0.2) is 71.6 Å². The summed E-state index contributed by atoms with van der Waals surface area (Å²) in [7, 11) is -2.66. The van der Waals surface area contributed by atoms with Crippen LogP contribution in [0.3, 0.4) is 0 Å². The highest BCUT2D eigenvalue weighted by Gasteiger charge is 2.42. The van der Waals surface area contributed by atoms with E-state index in [-0.39, 0.29) is 22.8 Å². The fraction of sp³-hybridized carbons (Fsp3) is 0.136. The molecule has 154 valence electrons. The zero-order valence-corrected chi connectivity index (χ0v) is 17.2. The first-order chi connectivity index (χ1) is 14.3. The number of nitrogens with zero attached hydrogens (tertiary/aromatic N) is 2. The van der Waals surface area contributed by atoms with Crippen molar-refractivity contribution in [3.8, 4) is 5.75 Å². The Kier molecular flexibility index (Phi) is 4.95. The van der Waals surface area contributed by atoms with Crippen LogP contribution >= 0.6 is 0 Å². The predicted molar refractivity (Wildman–Crippen MR) is 112 cm³/mol. The molecule has 0 atom stereocenters. The van der Waals surface area contributed by atoms with Crippen LogP contribution in [0.2, 0.25) is 0 Å². The summed E-state index contributed by atoms with van der Waals surface area (Å²) in [5.74, 6) is 0.0315. The van der Waals surface area contributed by atoms with Gasteiger partial charge in [0.15, 0.2) is 0 Å². The molecule has 3 aromatic rings. The maximum atomic E-state index is 14.2. The highest BCUT2D eigenvalue weighted by atomic mass is 32.2. The molecular weight excluding hydrogens is 407 g/mol. The third kappa shape index (κ3) is 3.29. The smallest absolute Gasteiger partial charge is 0.343 e. The third-order valence-corrected chi connectivity index (χ3v) is 6.69. The molecule has 0 bridgehead atoms. The average Bonchev–Trinajstić information content (AvgIpc) is 2.74. The SMILES string of the molecule is COc1cccc(CN2C(=O)N(c3ccc(C)c(F)c3)S(=O)(=O)c3ccccc32)c1. The Morgan fingerprint density at radius 2 is 1.77 bits per heavy atom. The number of amides is 2. The second-order valence-electron chi connectivity index (χ2n) is 6.89. The number of fused-ring (bicyclic) bond motifs is 1. The molecule has 0 radical (unpaired) electrons. The summed E-state index contributed by atoms with van der Waals surface area (Å²) < 4.78 is 46.6. The van der Waals surface area contributed by atoms with E-state index >= 15 is 0 Å². The summed E-state index contributed by atoms with van der Waals surface area (Å²) >= 11 is 0. The van der Waals surface area contributed by atoms with Gasteiger partial charge in [-0.2, -0.15) is 4.31 Å². The normalized spacial score (nSPS) is 15.1. The summed E-state index contributed by atoms with van der Waals surface area (Å²) in [6.45, 7) is 1.68. The van der Waals surface area contributed by atoms with E-state index in [4.69, 9.17) is 4.74 Å². The van der Waals surface area contributed by atoms with Crippen molar-refractivity contribution in [2.24, 2.45) is 0 Å². The van der Waals surface area contributed by atoms with Crippen LogP contribution in [-0.4, -0.2) is 21.6 Å². The molecule has 1 aliphatic rings. The molecule has 1 aliphatic heterocycles. The molecule has 0 aliphatic carbocycles. The number of hydrogen-bond acceptors (Lipinski definition) is 4. The Morgan fingerprint density at radius 1 is 1.00 bits per heavy atom. The molecular formula is C22H19FN2O4S. The molecule has 2 amide bonds. The number of hydrogen-bond donors (Lipinski definition) is 0. The first-order valence-electron chi connectivity index (χ1n) is 9.18. The lowest BCUT2D eigenvalue weighted by atomic mass is 10.2. The van der Waals surface area contributed by atoms with Gasteiger partial charge in [0.05, 0.1) is 25.0 Å². The van der Waals surface area contributed by atoms with E-state index < -0.39 is 21.9 Å². The van der Waals surface area contributed by atoms with Gasteiger partial charge >= 0.3 is 6.03 Å². The summed E-state index contributed by atoms with van der Waals surface area (Å²) in [5, 5.41) is 0. The van der Waals surface area contributed by atoms with Crippen LogP contribution in [0.25, 0.3) is 0 Å². The van der Waals surface area contributed by atoms with E-state index in [0.717, 1.165) is 11.6 Å². The fourth-order valence-electron chi connectivity index (χ4n) is 3.38. The number of carbonyl (C=O) groups excluding carboxylic acids is 1. The van der Waals surface area contributed by atoms with Crippen LogP contribution in [-0.2, 0) is 16.6 Å². The van der Waals surface area contributed by atoms with Crippen molar-refractivity contribution >= 4 is 27.4 Å². The predicted octanol–water partition coefficient (Wildman–Crippen LogP) is 4.48. The Bertz CT molecular complexity index is 1240. The van der Waals surface area contributed by atoms with E-state index in [1.165, 1.54) is 23.1 Å². The monoisotopic (exact) mass is 426 g/mol. The van der Waals surface area contributed by atoms with Crippen LogP contribution in [0.4, 0.5) is 20.6 Å². The molecule has 1 heterocycles. The van der Waals surface area contributed by atoms with Gasteiger partial charge in [0, 0.05) is 0 Å². The Labute approximate surface area is 174 Å². The van der Waals surface area contributed by atoms with Crippen LogP contribution in [0.5, 0.6) is 5.75 Å². The van der Waals surface area contributed by atoms with E-state index in [2.05, 4.69) is 0 Å². The lowest BCUT2D eigenvalue weighted by Crippen LogP contribution is -2.50. The minimum absolute atomic E-state index is 0.0199. The van der Waals surface area contributed by atoms with Gasteiger partial charge in [-0.15, -0.1) is 0 Å². The Hall–Kier alpha value is -3.39. The highest BCUT2D eigenvalue weighted by Crippen LogP contribution is 2.38. The second-order valence-corrected chi connectivity index (χ2v) is 8.65. The van der Waals surface area contributed by atoms with E-state index in [1.807, 2.05) is 6.07 Å². The molecule has 4 rings (SSSR count). The quantitative estimate of drug-likeness (QED) is 0.617. The van der Waals surface area contributed by atoms with E-state index in [9.17, 15) is 17.6 Å². The number of methoxy groups -OCH3 is 1. The first kappa shape index (κ1) is 19.9. The molecule has 0 fully saturated rings. The summed E-state index contributed by atoms with van der Waals surface area (Å²) in [6, 6.07) is 16.6. The Balaban J connectivity index is 1.86. The standard InChI is InChI=1S/C22H19FN2O4S/c1-15-10-11-17(13-19(15)23)25-22(26)24(14-16-6-5-7-18(12-16)29-2)20-8-3-4-9-21(20)30(25,27)28/h3-13H,14H2,1-2H3. The Morgan fingerprint density at radius 3 is 2.50 bits per heavy atom. The van der Waals surface area contributed by atoms with Gasteiger partial charge < -0.3 is 4.74 Å². The minimum atomic E-state index is -4.20. The van der Waals surface area contributed by atoms with E-state index in [1.54, 1.807) is 50.4 Å².